The first-order valence-corrected chi connectivity index (χ1v) is 8.71. The van der Waals surface area contributed by atoms with Gasteiger partial charge in [0.15, 0.2) is 0 Å². The van der Waals surface area contributed by atoms with Crippen molar-refractivity contribution in [2.24, 2.45) is 0 Å². The van der Waals surface area contributed by atoms with E-state index in [2.05, 4.69) is 15.3 Å². The van der Waals surface area contributed by atoms with Gasteiger partial charge in [0.2, 0.25) is 0 Å². The van der Waals surface area contributed by atoms with Gasteiger partial charge in [-0.3, -0.25) is 4.79 Å². The predicted octanol–water partition coefficient (Wildman–Crippen LogP) is 4.67. The number of benzene rings is 2. The molecule has 0 bridgehead atoms. The maximum atomic E-state index is 12.1. The number of nitrogens with zero attached hydrogens (tertiary/aromatic N) is 2. The van der Waals surface area contributed by atoms with Gasteiger partial charge in [0.1, 0.15) is 10.7 Å². The van der Waals surface area contributed by atoms with Crippen molar-refractivity contribution in [3.63, 3.8) is 0 Å². The van der Waals surface area contributed by atoms with Crippen LogP contribution in [0.5, 0.6) is 0 Å². The Bertz CT molecular complexity index is 962. The van der Waals surface area contributed by atoms with Crippen molar-refractivity contribution in [3.8, 4) is 10.6 Å². The van der Waals surface area contributed by atoms with Crippen molar-refractivity contribution in [2.45, 2.75) is 0 Å². The first-order chi connectivity index (χ1) is 11.3. The second-order valence-corrected chi connectivity index (χ2v) is 6.64. The van der Waals surface area contributed by atoms with Crippen LogP contribution in [0.25, 0.3) is 20.8 Å². The van der Waals surface area contributed by atoms with E-state index in [9.17, 15) is 4.79 Å². The van der Waals surface area contributed by atoms with E-state index in [1.54, 1.807) is 22.2 Å². The number of rotatable bonds is 3. The average Bonchev–Trinajstić information content (AvgIpc) is 3.25. The summed E-state index contributed by atoms with van der Waals surface area (Å²) in [5.41, 5.74) is 4.77. The van der Waals surface area contributed by atoms with Crippen LogP contribution in [0.15, 0.2) is 59.4 Å². The predicted molar refractivity (Wildman–Crippen MR) is 95.1 cm³/mol. The normalized spacial score (nSPS) is 10.8. The molecular weight excluding hydrogens is 326 g/mol. The minimum atomic E-state index is -0.205. The fourth-order valence-electron chi connectivity index (χ4n) is 2.23. The summed E-state index contributed by atoms with van der Waals surface area (Å²) >= 11 is 3.04. The summed E-state index contributed by atoms with van der Waals surface area (Å²) in [4.78, 5) is 20.7. The number of carbonyl (C=O) groups is 1. The smallest absolute Gasteiger partial charge is 0.275 e. The number of fused-ring (bicyclic) bond motifs is 1. The van der Waals surface area contributed by atoms with Gasteiger partial charge in [-0.2, -0.15) is 0 Å². The van der Waals surface area contributed by atoms with E-state index >= 15 is 0 Å². The molecule has 23 heavy (non-hydrogen) atoms. The highest BCUT2D eigenvalue weighted by molar-refractivity contribution is 7.21. The van der Waals surface area contributed by atoms with Gasteiger partial charge in [-0.05, 0) is 18.2 Å². The largest absolute Gasteiger partial charge is 0.321 e. The molecule has 4 rings (SSSR count). The molecule has 6 heteroatoms. The molecule has 4 nitrogen and oxygen atoms in total. The summed E-state index contributed by atoms with van der Waals surface area (Å²) in [5.74, 6) is -0.205. The lowest BCUT2D eigenvalue weighted by Gasteiger charge is -2.02. The molecule has 0 fully saturated rings. The van der Waals surface area contributed by atoms with Crippen LogP contribution >= 0.6 is 22.7 Å². The number of hydrogen-bond acceptors (Lipinski definition) is 5. The second-order valence-electron chi connectivity index (χ2n) is 4.90. The number of amides is 1. The fourth-order valence-corrected chi connectivity index (χ4v) is 3.71. The van der Waals surface area contributed by atoms with Crippen LogP contribution in [0.3, 0.4) is 0 Å². The minimum absolute atomic E-state index is 0.205. The van der Waals surface area contributed by atoms with Crippen LogP contribution < -0.4 is 5.32 Å². The molecule has 2 aromatic carbocycles. The van der Waals surface area contributed by atoms with E-state index in [0.29, 0.717) is 5.69 Å². The topological polar surface area (TPSA) is 54.9 Å². The zero-order valence-corrected chi connectivity index (χ0v) is 13.5. The molecule has 112 valence electrons. The molecule has 0 aliphatic rings. The zero-order valence-electron chi connectivity index (χ0n) is 11.9. The summed E-state index contributed by atoms with van der Waals surface area (Å²) in [5, 5.41) is 5.56. The summed E-state index contributed by atoms with van der Waals surface area (Å²) < 4.78 is 1.09. The Kier molecular flexibility index (Phi) is 3.61. The Hall–Kier alpha value is -2.57. The summed E-state index contributed by atoms with van der Waals surface area (Å²) in [6.07, 6.45) is 0. The number of hydrogen-bond donors (Lipinski definition) is 1. The van der Waals surface area contributed by atoms with Crippen molar-refractivity contribution in [2.75, 3.05) is 5.32 Å². The van der Waals surface area contributed by atoms with Gasteiger partial charge in [0.25, 0.3) is 5.91 Å². The molecule has 0 aliphatic heterocycles. The van der Waals surface area contributed by atoms with Gasteiger partial charge in [0, 0.05) is 16.6 Å². The number of aromatic nitrogens is 2. The Morgan fingerprint density at radius 2 is 1.96 bits per heavy atom. The quantitative estimate of drug-likeness (QED) is 0.591. The third-order valence-corrected chi connectivity index (χ3v) is 5.00. The fraction of sp³-hybridized carbons (Fsp3) is 0. The van der Waals surface area contributed by atoms with Crippen molar-refractivity contribution < 1.29 is 4.79 Å². The first-order valence-electron chi connectivity index (χ1n) is 6.95. The van der Waals surface area contributed by atoms with E-state index < -0.39 is 0 Å². The lowest BCUT2D eigenvalue weighted by Crippen LogP contribution is -2.11. The van der Waals surface area contributed by atoms with Crippen LogP contribution in [-0.2, 0) is 0 Å². The maximum absolute atomic E-state index is 12.1. The molecule has 1 N–H and O–H groups in total. The maximum Gasteiger partial charge on any atom is 0.275 e. The molecule has 2 aromatic heterocycles. The molecule has 0 saturated heterocycles. The third kappa shape index (κ3) is 2.86. The highest BCUT2D eigenvalue weighted by Gasteiger charge is 2.10. The Morgan fingerprint density at radius 3 is 2.74 bits per heavy atom. The minimum Gasteiger partial charge on any atom is -0.321 e. The number of anilines is 1. The SMILES string of the molecule is O=C(Nc1ccc2sc(-c3ccccc3)nc2c1)c1cscn1. The van der Waals surface area contributed by atoms with E-state index in [-0.39, 0.29) is 5.91 Å². The molecule has 0 radical (unpaired) electrons. The van der Waals surface area contributed by atoms with Gasteiger partial charge in [-0.25, -0.2) is 9.97 Å². The lowest BCUT2D eigenvalue weighted by atomic mass is 10.2. The summed E-state index contributed by atoms with van der Waals surface area (Å²) in [6.45, 7) is 0. The number of thiazole rings is 2. The van der Waals surface area contributed by atoms with Gasteiger partial charge >= 0.3 is 0 Å². The zero-order chi connectivity index (χ0) is 15.6. The van der Waals surface area contributed by atoms with Gasteiger partial charge in [0.05, 0.1) is 15.7 Å². The standard InChI is InChI=1S/C17H11N3OS2/c21-16(14-9-22-10-18-14)19-12-6-7-15-13(8-12)20-17(23-15)11-4-2-1-3-5-11/h1-10H,(H,19,21). The van der Waals surface area contributed by atoms with Crippen molar-refractivity contribution in [3.05, 3.63) is 65.1 Å². The molecule has 0 aliphatic carbocycles. The Balaban J connectivity index is 1.64. The van der Waals surface area contributed by atoms with E-state index in [1.165, 1.54) is 11.3 Å². The molecule has 2 heterocycles. The van der Waals surface area contributed by atoms with Crippen LogP contribution in [0.1, 0.15) is 10.5 Å². The van der Waals surface area contributed by atoms with Crippen molar-refractivity contribution in [1.82, 2.24) is 9.97 Å². The van der Waals surface area contributed by atoms with E-state index in [4.69, 9.17) is 0 Å². The van der Waals surface area contributed by atoms with E-state index in [1.807, 2.05) is 48.5 Å². The molecular formula is C17H11N3OS2. The molecule has 4 aromatic rings. The van der Waals surface area contributed by atoms with Crippen LogP contribution in [0, 0.1) is 0 Å². The second kappa shape index (κ2) is 5.91. The lowest BCUT2D eigenvalue weighted by molar-refractivity contribution is 0.102. The third-order valence-electron chi connectivity index (χ3n) is 3.33. The number of nitrogens with one attached hydrogen (secondary N) is 1. The van der Waals surface area contributed by atoms with Crippen molar-refractivity contribution in [1.29, 1.82) is 0 Å². The highest BCUT2D eigenvalue weighted by Crippen LogP contribution is 2.31. The van der Waals surface area contributed by atoms with Crippen molar-refractivity contribution >= 4 is 44.5 Å². The van der Waals surface area contributed by atoms with Gasteiger partial charge < -0.3 is 5.32 Å². The Labute approximate surface area is 140 Å². The summed E-state index contributed by atoms with van der Waals surface area (Å²) in [6, 6.07) is 15.8. The first kappa shape index (κ1) is 14.0. The van der Waals surface area contributed by atoms with Crippen LogP contribution in [0.2, 0.25) is 0 Å². The molecule has 1 amide bonds. The average molecular weight is 337 g/mol. The van der Waals surface area contributed by atoms with Gasteiger partial charge in [-0.1, -0.05) is 30.3 Å². The Morgan fingerprint density at radius 1 is 1.09 bits per heavy atom. The number of carbonyl (C=O) groups excluding carboxylic acids is 1. The molecule has 0 spiro atoms. The van der Waals surface area contributed by atoms with Crippen LogP contribution in [-0.4, -0.2) is 15.9 Å². The van der Waals surface area contributed by atoms with E-state index in [0.717, 1.165) is 26.5 Å². The molecule has 0 unspecified atom stereocenters. The molecule has 0 atom stereocenters. The summed E-state index contributed by atoms with van der Waals surface area (Å²) in [7, 11) is 0. The monoisotopic (exact) mass is 337 g/mol. The van der Waals surface area contributed by atoms with Crippen LogP contribution in [0.4, 0.5) is 5.69 Å². The molecule has 0 saturated carbocycles. The van der Waals surface area contributed by atoms with Gasteiger partial charge in [-0.15, -0.1) is 22.7 Å². The highest BCUT2D eigenvalue weighted by atomic mass is 32.1.